The summed E-state index contributed by atoms with van der Waals surface area (Å²) in [5, 5.41) is 9.71. The van der Waals surface area contributed by atoms with Crippen molar-refractivity contribution in [2.75, 3.05) is 7.11 Å². The molecule has 1 N–H and O–H groups in total. The maximum atomic E-state index is 13.2. The van der Waals surface area contributed by atoms with Gasteiger partial charge in [-0.3, -0.25) is 0 Å². The number of hydrogen-bond acceptors (Lipinski definition) is 2. The molecule has 0 fully saturated rings. The predicted octanol–water partition coefficient (Wildman–Crippen LogP) is 6.35. The summed E-state index contributed by atoms with van der Waals surface area (Å²) in [5.74, 6) is -1.73. The first-order valence-corrected chi connectivity index (χ1v) is 9.34. The number of methoxy groups -OCH3 is 1. The van der Waals surface area contributed by atoms with Gasteiger partial charge in [0.25, 0.3) is 0 Å². The summed E-state index contributed by atoms with van der Waals surface area (Å²) < 4.78 is 45.3. The minimum Gasteiger partial charge on any atom is -0.496 e. The Bertz CT molecular complexity index is 1030. The third-order valence-corrected chi connectivity index (χ3v) is 5.05. The predicted molar refractivity (Wildman–Crippen MR) is 106 cm³/mol. The van der Waals surface area contributed by atoms with Gasteiger partial charge in [-0.15, -0.1) is 0 Å². The first kappa shape index (κ1) is 20.9. The van der Waals surface area contributed by atoms with E-state index in [1.807, 2.05) is 6.07 Å². The van der Waals surface area contributed by atoms with E-state index in [9.17, 15) is 23.1 Å². The van der Waals surface area contributed by atoms with Gasteiger partial charge in [-0.05, 0) is 35.4 Å². The van der Waals surface area contributed by atoms with E-state index in [4.69, 9.17) is 4.74 Å². The summed E-state index contributed by atoms with van der Waals surface area (Å²) >= 11 is 3.27. The maximum Gasteiger partial charge on any atom is 0.416 e. The van der Waals surface area contributed by atoms with Gasteiger partial charge in [-0.25, -0.2) is 4.79 Å². The summed E-state index contributed by atoms with van der Waals surface area (Å²) in [6.45, 7) is 0. The lowest BCUT2D eigenvalue weighted by atomic mass is 9.82. The monoisotopic (exact) mass is 464 g/mol. The Balaban J connectivity index is 2.29. The lowest BCUT2D eigenvalue weighted by Gasteiger charge is -2.23. The average molecular weight is 465 g/mol. The van der Waals surface area contributed by atoms with E-state index in [1.165, 1.54) is 19.2 Å². The van der Waals surface area contributed by atoms with E-state index in [0.717, 1.165) is 17.7 Å². The highest BCUT2D eigenvalue weighted by atomic mass is 79.9. The second kappa shape index (κ2) is 8.29. The van der Waals surface area contributed by atoms with Gasteiger partial charge in [0.15, 0.2) is 0 Å². The second-order valence-electron chi connectivity index (χ2n) is 6.33. The van der Waals surface area contributed by atoms with Crippen LogP contribution in [0.15, 0.2) is 71.2 Å². The Morgan fingerprint density at radius 1 is 1.00 bits per heavy atom. The van der Waals surface area contributed by atoms with Crippen LogP contribution in [0.3, 0.4) is 0 Å². The van der Waals surface area contributed by atoms with Gasteiger partial charge in [0, 0.05) is 16.0 Å². The summed E-state index contributed by atoms with van der Waals surface area (Å²) in [6.07, 6.45) is -4.52. The van der Waals surface area contributed by atoms with Crippen LogP contribution in [0.4, 0.5) is 13.2 Å². The molecule has 7 heteroatoms. The molecule has 1 unspecified atom stereocenters. The number of alkyl halides is 3. The average Bonchev–Trinajstić information content (AvgIpc) is 2.69. The molecule has 0 aromatic heterocycles. The van der Waals surface area contributed by atoms with Gasteiger partial charge < -0.3 is 9.84 Å². The molecule has 0 radical (unpaired) electrons. The van der Waals surface area contributed by atoms with Crippen molar-refractivity contribution in [3.63, 3.8) is 0 Å². The molecule has 29 heavy (non-hydrogen) atoms. The van der Waals surface area contributed by atoms with Crippen LogP contribution in [0.5, 0.6) is 5.75 Å². The number of carboxylic acid groups (broad SMARTS) is 1. The van der Waals surface area contributed by atoms with E-state index in [0.29, 0.717) is 15.6 Å². The third-order valence-electron chi connectivity index (χ3n) is 4.56. The van der Waals surface area contributed by atoms with Crippen molar-refractivity contribution in [2.24, 2.45) is 0 Å². The Hall–Kier alpha value is -2.80. The molecule has 150 valence electrons. The Labute approximate surface area is 173 Å². The SMILES string of the molecule is COc1cc(C(F)(F)F)ccc1C(c1ccccc1)c1ccc(Br)cc1C(=O)O. The van der Waals surface area contributed by atoms with Crippen molar-refractivity contribution < 1.29 is 27.8 Å². The zero-order valence-electron chi connectivity index (χ0n) is 15.2. The minimum absolute atomic E-state index is 0.0351. The molecule has 3 aromatic carbocycles. The molecule has 3 nitrogen and oxygen atoms in total. The van der Waals surface area contributed by atoms with Crippen molar-refractivity contribution in [3.05, 3.63) is 99.0 Å². The van der Waals surface area contributed by atoms with Crippen molar-refractivity contribution in [3.8, 4) is 5.75 Å². The van der Waals surface area contributed by atoms with E-state index in [1.54, 1.807) is 36.4 Å². The second-order valence-corrected chi connectivity index (χ2v) is 7.25. The fourth-order valence-corrected chi connectivity index (χ4v) is 3.62. The smallest absolute Gasteiger partial charge is 0.416 e. The van der Waals surface area contributed by atoms with Crippen LogP contribution in [0.25, 0.3) is 0 Å². The summed E-state index contributed by atoms with van der Waals surface area (Å²) in [4.78, 5) is 11.9. The van der Waals surface area contributed by atoms with E-state index < -0.39 is 23.6 Å². The number of ether oxygens (including phenoxy) is 1. The minimum atomic E-state index is -4.52. The number of aromatic carboxylic acids is 1. The third kappa shape index (κ3) is 4.45. The summed E-state index contributed by atoms with van der Waals surface area (Å²) in [5.41, 5.74) is 0.839. The van der Waals surface area contributed by atoms with Crippen LogP contribution in [0.1, 0.15) is 38.5 Å². The summed E-state index contributed by atoms with van der Waals surface area (Å²) in [7, 11) is 1.29. The van der Waals surface area contributed by atoms with Crippen LogP contribution in [-0.4, -0.2) is 18.2 Å². The largest absolute Gasteiger partial charge is 0.496 e. The normalized spacial score (nSPS) is 12.4. The van der Waals surface area contributed by atoms with Crippen LogP contribution >= 0.6 is 15.9 Å². The van der Waals surface area contributed by atoms with E-state index >= 15 is 0 Å². The zero-order valence-corrected chi connectivity index (χ0v) is 16.8. The molecule has 3 rings (SSSR count). The fourth-order valence-electron chi connectivity index (χ4n) is 3.26. The number of hydrogen-bond donors (Lipinski definition) is 1. The highest BCUT2D eigenvalue weighted by Crippen LogP contribution is 2.41. The number of rotatable bonds is 5. The van der Waals surface area contributed by atoms with Gasteiger partial charge in [0.2, 0.25) is 0 Å². The Kier molecular flexibility index (Phi) is 5.98. The van der Waals surface area contributed by atoms with Crippen LogP contribution in [0, 0.1) is 0 Å². The lowest BCUT2D eigenvalue weighted by Crippen LogP contribution is -2.12. The molecule has 0 aliphatic carbocycles. The van der Waals surface area contributed by atoms with Gasteiger partial charge in [-0.2, -0.15) is 13.2 Å². The molecule has 1 atom stereocenters. The highest BCUT2D eigenvalue weighted by molar-refractivity contribution is 9.10. The number of carbonyl (C=O) groups is 1. The van der Waals surface area contributed by atoms with E-state index in [2.05, 4.69) is 15.9 Å². The standard InChI is InChI=1S/C22H16BrF3O3/c1-29-19-11-14(22(24,25)26)7-9-17(19)20(13-5-3-2-4-6-13)16-10-8-15(23)12-18(16)21(27)28/h2-12,20H,1H3,(H,27,28). The van der Waals surface area contributed by atoms with Crippen molar-refractivity contribution in [2.45, 2.75) is 12.1 Å². The highest BCUT2D eigenvalue weighted by Gasteiger charge is 2.33. The molecule has 0 amide bonds. The first-order valence-electron chi connectivity index (χ1n) is 8.55. The van der Waals surface area contributed by atoms with Crippen LogP contribution in [-0.2, 0) is 6.18 Å². The zero-order chi connectivity index (χ0) is 21.2. The van der Waals surface area contributed by atoms with Crippen molar-refractivity contribution in [1.82, 2.24) is 0 Å². The maximum absolute atomic E-state index is 13.2. The molecule has 3 aromatic rings. The number of benzene rings is 3. The molecule has 0 bridgehead atoms. The Morgan fingerprint density at radius 2 is 1.66 bits per heavy atom. The molecule has 0 aliphatic rings. The van der Waals surface area contributed by atoms with Crippen molar-refractivity contribution in [1.29, 1.82) is 0 Å². The van der Waals surface area contributed by atoms with Crippen LogP contribution < -0.4 is 4.74 Å². The van der Waals surface area contributed by atoms with Gasteiger partial charge in [-0.1, -0.05) is 58.4 Å². The molecule has 0 saturated heterocycles. The molecule has 0 spiro atoms. The molecule has 0 saturated carbocycles. The Morgan fingerprint density at radius 3 is 2.24 bits per heavy atom. The lowest BCUT2D eigenvalue weighted by molar-refractivity contribution is -0.137. The number of carboxylic acids is 1. The van der Waals surface area contributed by atoms with Gasteiger partial charge >= 0.3 is 12.1 Å². The molecular weight excluding hydrogens is 449 g/mol. The van der Waals surface area contributed by atoms with Crippen LogP contribution in [0.2, 0.25) is 0 Å². The quantitative estimate of drug-likeness (QED) is 0.447. The molecule has 0 aliphatic heterocycles. The summed E-state index contributed by atoms with van der Waals surface area (Å²) in [6, 6.07) is 17.1. The van der Waals surface area contributed by atoms with Gasteiger partial charge in [0.1, 0.15) is 5.75 Å². The number of halogens is 4. The fraction of sp³-hybridized carbons (Fsp3) is 0.136. The topological polar surface area (TPSA) is 46.5 Å². The molecule has 0 heterocycles. The van der Waals surface area contributed by atoms with Gasteiger partial charge in [0.05, 0.1) is 18.2 Å². The van der Waals surface area contributed by atoms with E-state index in [-0.39, 0.29) is 11.3 Å². The molecular formula is C22H16BrF3O3. The van der Waals surface area contributed by atoms with Crippen molar-refractivity contribution >= 4 is 21.9 Å². The first-order chi connectivity index (χ1) is 13.7.